The lowest BCUT2D eigenvalue weighted by Gasteiger charge is -2.37. The van der Waals surface area contributed by atoms with Gasteiger partial charge in [-0.05, 0) is 79.8 Å². The van der Waals surface area contributed by atoms with Crippen molar-refractivity contribution in [1.82, 2.24) is 9.55 Å². The molecule has 2 aromatic heterocycles. The van der Waals surface area contributed by atoms with Crippen LogP contribution in [-0.2, 0) is 13.0 Å². The van der Waals surface area contributed by atoms with E-state index in [2.05, 4.69) is 48.4 Å². The molecule has 164 valence electrons. The molecule has 0 aliphatic carbocycles. The Morgan fingerprint density at radius 2 is 1.97 bits per heavy atom. The Morgan fingerprint density at radius 3 is 2.75 bits per heavy atom. The second-order valence-corrected chi connectivity index (χ2v) is 8.64. The van der Waals surface area contributed by atoms with Crippen molar-refractivity contribution in [2.75, 3.05) is 18.6 Å². The van der Waals surface area contributed by atoms with Gasteiger partial charge in [0.25, 0.3) is 0 Å². The average molecular weight is 430 g/mol. The van der Waals surface area contributed by atoms with Crippen LogP contribution in [-0.4, -0.2) is 23.2 Å². The molecule has 0 radical (unpaired) electrons. The quantitative estimate of drug-likeness (QED) is 0.400. The van der Waals surface area contributed by atoms with Gasteiger partial charge in [0.05, 0.1) is 18.7 Å². The van der Waals surface area contributed by atoms with Crippen molar-refractivity contribution in [3.8, 4) is 5.75 Å². The molecule has 0 saturated heterocycles. The summed E-state index contributed by atoms with van der Waals surface area (Å²) in [6.45, 7) is 8.04. The summed E-state index contributed by atoms with van der Waals surface area (Å²) >= 11 is 0. The fourth-order valence-electron chi connectivity index (χ4n) is 5.01. The number of ether oxygens (including phenoxy) is 1. The van der Waals surface area contributed by atoms with E-state index < -0.39 is 0 Å². The second-order valence-electron chi connectivity index (χ2n) is 8.64. The van der Waals surface area contributed by atoms with E-state index in [1.54, 1.807) is 19.2 Å². The predicted molar refractivity (Wildman–Crippen MR) is 127 cm³/mol. The normalized spacial score (nSPS) is 15.8. The Kier molecular flexibility index (Phi) is 5.12. The van der Waals surface area contributed by atoms with Crippen LogP contribution >= 0.6 is 0 Å². The molecule has 5 heteroatoms. The molecule has 2 aromatic carbocycles. The average Bonchev–Trinajstić information content (AvgIpc) is 3.04. The molecular weight excluding hydrogens is 401 g/mol. The highest BCUT2D eigenvalue weighted by atomic mass is 19.1. The number of methoxy groups -OCH3 is 1. The highest BCUT2D eigenvalue weighted by Gasteiger charge is 2.28. The number of pyridine rings is 1. The van der Waals surface area contributed by atoms with E-state index in [0.717, 1.165) is 35.6 Å². The van der Waals surface area contributed by atoms with Crippen molar-refractivity contribution >= 4 is 16.7 Å². The fraction of sp³-hybridized carbons (Fsp3) is 0.296. The van der Waals surface area contributed by atoms with Crippen LogP contribution < -0.4 is 9.64 Å². The standard InChI is InChI=1S/C27H28FN3O/c1-17-18(2)31(16-20-6-5-7-22(28)14-20)26-24(17)10-12-29-27(26)30-13-11-21-8-9-23(32-4)15-25(21)19(30)3/h5-10,12,14-15,19H,11,13,16H2,1-4H3. The zero-order valence-electron chi connectivity index (χ0n) is 19.0. The molecule has 0 bridgehead atoms. The largest absolute Gasteiger partial charge is 0.497 e. The van der Waals surface area contributed by atoms with E-state index in [1.807, 2.05) is 18.3 Å². The zero-order valence-corrected chi connectivity index (χ0v) is 19.0. The van der Waals surface area contributed by atoms with Crippen LogP contribution in [0, 0.1) is 19.7 Å². The first kappa shape index (κ1) is 20.6. The van der Waals surface area contributed by atoms with Crippen molar-refractivity contribution in [1.29, 1.82) is 0 Å². The summed E-state index contributed by atoms with van der Waals surface area (Å²) < 4.78 is 21.6. The predicted octanol–water partition coefficient (Wildman–Crippen LogP) is 5.97. The lowest BCUT2D eigenvalue weighted by Crippen LogP contribution is -2.35. The molecule has 0 spiro atoms. The number of halogens is 1. The molecule has 3 heterocycles. The summed E-state index contributed by atoms with van der Waals surface area (Å²) in [7, 11) is 1.71. The Labute approximate surface area is 188 Å². The summed E-state index contributed by atoms with van der Waals surface area (Å²) in [4.78, 5) is 7.26. The first-order valence-electron chi connectivity index (χ1n) is 11.1. The maximum absolute atomic E-state index is 13.9. The topological polar surface area (TPSA) is 30.3 Å². The molecule has 1 unspecified atom stereocenters. The Bertz CT molecular complexity index is 1310. The number of hydrogen-bond donors (Lipinski definition) is 0. The van der Waals surface area contributed by atoms with Crippen molar-refractivity contribution < 1.29 is 9.13 Å². The first-order chi connectivity index (χ1) is 15.5. The number of aromatic nitrogens is 2. The number of hydrogen-bond acceptors (Lipinski definition) is 3. The molecule has 4 nitrogen and oxygen atoms in total. The lowest BCUT2D eigenvalue weighted by atomic mass is 9.93. The van der Waals surface area contributed by atoms with Gasteiger partial charge in [-0.15, -0.1) is 0 Å². The third-order valence-electron chi connectivity index (χ3n) is 6.92. The smallest absolute Gasteiger partial charge is 0.153 e. The highest BCUT2D eigenvalue weighted by molar-refractivity contribution is 5.94. The summed E-state index contributed by atoms with van der Waals surface area (Å²) in [5.41, 5.74) is 7.14. The van der Waals surface area contributed by atoms with Crippen LogP contribution in [0.4, 0.5) is 10.2 Å². The maximum atomic E-state index is 13.9. The number of benzene rings is 2. The second kappa shape index (κ2) is 7.97. The minimum absolute atomic E-state index is 0.171. The Morgan fingerprint density at radius 1 is 1.12 bits per heavy atom. The van der Waals surface area contributed by atoms with Gasteiger partial charge >= 0.3 is 0 Å². The van der Waals surface area contributed by atoms with E-state index in [1.165, 1.54) is 33.8 Å². The van der Waals surface area contributed by atoms with Crippen LogP contribution in [0.15, 0.2) is 54.7 Å². The van der Waals surface area contributed by atoms with Crippen LogP contribution in [0.1, 0.15) is 40.9 Å². The van der Waals surface area contributed by atoms with Crippen LogP contribution in [0.3, 0.4) is 0 Å². The molecule has 32 heavy (non-hydrogen) atoms. The number of aryl methyl sites for hydroxylation is 1. The van der Waals surface area contributed by atoms with Crippen LogP contribution in [0.2, 0.25) is 0 Å². The van der Waals surface area contributed by atoms with Gasteiger partial charge in [0, 0.05) is 30.4 Å². The summed E-state index contributed by atoms with van der Waals surface area (Å²) in [6.07, 6.45) is 2.87. The number of nitrogens with zero attached hydrogens (tertiary/aromatic N) is 3. The lowest BCUT2D eigenvalue weighted by molar-refractivity contribution is 0.413. The van der Waals surface area contributed by atoms with Gasteiger partial charge in [-0.1, -0.05) is 18.2 Å². The van der Waals surface area contributed by atoms with Gasteiger partial charge in [0.1, 0.15) is 11.6 Å². The van der Waals surface area contributed by atoms with Crippen LogP contribution in [0.25, 0.3) is 10.9 Å². The van der Waals surface area contributed by atoms with Crippen LogP contribution in [0.5, 0.6) is 5.75 Å². The number of anilines is 1. The minimum atomic E-state index is -0.207. The van der Waals surface area contributed by atoms with E-state index in [0.29, 0.717) is 6.54 Å². The zero-order chi connectivity index (χ0) is 22.4. The number of fused-ring (bicyclic) bond motifs is 2. The van der Waals surface area contributed by atoms with Gasteiger partial charge in [0.2, 0.25) is 0 Å². The SMILES string of the molecule is COc1ccc2c(c1)C(C)N(c1nccc3c(C)c(C)n(Cc4cccc(F)c4)c13)CC2. The molecule has 0 N–H and O–H groups in total. The third kappa shape index (κ3) is 3.32. The molecule has 1 atom stereocenters. The Balaban J connectivity index is 1.64. The third-order valence-corrected chi connectivity index (χ3v) is 6.92. The van der Waals surface area contributed by atoms with E-state index >= 15 is 0 Å². The minimum Gasteiger partial charge on any atom is -0.497 e. The molecule has 0 saturated carbocycles. The van der Waals surface area contributed by atoms with E-state index in [9.17, 15) is 4.39 Å². The molecule has 4 aromatic rings. The monoisotopic (exact) mass is 429 g/mol. The van der Waals surface area contributed by atoms with Gasteiger partial charge in [-0.25, -0.2) is 9.37 Å². The highest BCUT2D eigenvalue weighted by Crippen LogP contribution is 2.39. The van der Waals surface area contributed by atoms with Gasteiger partial charge in [0.15, 0.2) is 5.82 Å². The molecule has 0 amide bonds. The van der Waals surface area contributed by atoms with Gasteiger partial charge < -0.3 is 14.2 Å². The molecule has 0 fully saturated rings. The maximum Gasteiger partial charge on any atom is 0.153 e. The van der Waals surface area contributed by atoms with Gasteiger partial charge in [-0.2, -0.15) is 0 Å². The Hall–Kier alpha value is -3.34. The number of rotatable bonds is 4. The van der Waals surface area contributed by atoms with Crippen molar-refractivity contribution in [2.24, 2.45) is 0 Å². The van der Waals surface area contributed by atoms with E-state index in [4.69, 9.17) is 9.72 Å². The van der Waals surface area contributed by atoms with Crippen molar-refractivity contribution in [2.45, 2.75) is 39.8 Å². The summed E-state index contributed by atoms with van der Waals surface area (Å²) in [6, 6.07) is 15.5. The van der Waals surface area contributed by atoms with Crippen molar-refractivity contribution in [3.63, 3.8) is 0 Å². The van der Waals surface area contributed by atoms with E-state index in [-0.39, 0.29) is 11.9 Å². The van der Waals surface area contributed by atoms with Crippen molar-refractivity contribution in [3.05, 3.63) is 88.5 Å². The van der Waals surface area contributed by atoms with Gasteiger partial charge in [-0.3, -0.25) is 0 Å². The first-order valence-corrected chi connectivity index (χ1v) is 11.1. The molecule has 1 aliphatic heterocycles. The summed E-state index contributed by atoms with van der Waals surface area (Å²) in [5.74, 6) is 1.66. The molecular formula is C27H28FN3O. The molecule has 5 rings (SSSR count). The molecule has 1 aliphatic rings. The fourth-order valence-corrected chi connectivity index (χ4v) is 5.01. The summed E-state index contributed by atoms with van der Waals surface area (Å²) in [5, 5.41) is 1.20.